The van der Waals surface area contributed by atoms with Crippen LogP contribution in [0.5, 0.6) is 11.5 Å². The molecule has 2 aromatic carbocycles. The Morgan fingerprint density at radius 3 is 2.81 bits per heavy atom. The van der Waals surface area contributed by atoms with Gasteiger partial charge in [-0.15, -0.1) is 0 Å². The average molecular weight is 278 g/mol. The molecule has 0 saturated heterocycles. The summed E-state index contributed by atoms with van der Waals surface area (Å²) in [6.07, 6.45) is 3.61. The first-order valence-electron chi connectivity index (χ1n) is 7.17. The molecule has 0 saturated carbocycles. The maximum atomic E-state index is 6.02. The van der Waals surface area contributed by atoms with Crippen molar-refractivity contribution in [3.63, 3.8) is 0 Å². The molecule has 3 heteroatoms. The maximum Gasteiger partial charge on any atom is 0.146 e. The molecule has 1 aromatic heterocycles. The highest BCUT2D eigenvalue weighted by Gasteiger charge is 2.04. The zero-order chi connectivity index (χ0) is 14.5. The molecule has 0 bridgehead atoms. The van der Waals surface area contributed by atoms with Gasteiger partial charge in [-0.05, 0) is 29.6 Å². The smallest absolute Gasteiger partial charge is 0.146 e. The number of rotatable bonds is 5. The van der Waals surface area contributed by atoms with E-state index in [1.807, 2.05) is 36.5 Å². The van der Waals surface area contributed by atoms with Crippen LogP contribution in [0.2, 0.25) is 0 Å². The third-order valence-corrected chi connectivity index (χ3v) is 3.33. The van der Waals surface area contributed by atoms with Gasteiger partial charge in [0, 0.05) is 18.1 Å². The van der Waals surface area contributed by atoms with Crippen molar-refractivity contribution in [3.8, 4) is 11.5 Å². The molecule has 3 nitrogen and oxygen atoms in total. The van der Waals surface area contributed by atoms with E-state index in [4.69, 9.17) is 4.74 Å². The molecule has 3 rings (SSSR count). The Morgan fingerprint density at radius 2 is 1.90 bits per heavy atom. The van der Waals surface area contributed by atoms with E-state index < -0.39 is 0 Å². The van der Waals surface area contributed by atoms with Gasteiger partial charge in [-0.3, -0.25) is 4.98 Å². The van der Waals surface area contributed by atoms with Gasteiger partial charge >= 0.3 is 0 Å². The fourth-order valence-electron chi connectivity index (χ4n) is 2.30. The molecule has 0 aliphatic heterocycles. The topological polar surface area (TPSA) is 34.2 Å². The molecule has 0 unspecified atom stereocenters. The number of nitrogens with one attached hydrogen (secondary N) is 1. The molecule has 0 fully saturated rings. The van der Waals surface area contributed by atoms with Crippen LogP contribution < -0.4 is 10.1 Å². The number of fused-ring (bicyclic) bond motifs is 1. The normalized spacial score (nSPS) is 10.7. The Hall–Kier alpha value is -2.39. The van der Waals surface area contributed by atoms with Crippen LogP contribution >= 0.6 is 0 Å². The number of hydrogen-bond acceptors (Lipinski definition) is 3. The van der Waals surface area contributed by atoms with Crippen molar-refractivity contribution >= 4 is 10.8 Å². The summed E-state index contributed by atoms with van der Waals surface area (Å²) in [5.41, 5.74) is 1.12. The second-order valence-electron chi connectivity index (χ2n) is 4.89. The summed E-state index contributed by atoms with van der Waals surface area (Å²) >= 11 is 0. The van der Waals surface area contributed by atoms with Gasteiger partial charge in [0.05, 0.1) is 6.20 Å². The van der Waals surface area contributed by atoms with Gasteiger partial charge in [0.1, 0.15) is 11.5 Å². The van der Waals surface area contributed by atoms with Gasteiger partial charge in [-0.1, -0.05) is 43.3 Å². The average Bonchev–Trinajstić information content (AvgIpc) is 2.54. The third kappa shape index (κ3) is 3.20. The van der Waals surface area contributed by atoms with E-state index in [1.54, 1.807) is 6.20 Å². The van der Waals surface area contributed by atoms with Crippen molar-refractivity contribution in [3.05, 3.63) is 66.5 Å². The van der Waals surface area contributed by atoms with Crippen LogP contribution in [0.1, 0.15) is 12.5 Å². The van der Waals surface area contributed by atoms with Crippen molar-refractivity contribution in [2.24, 2.45) is 0 Å². The third-order valence-electron chi connectivity index (χ3n) is 3.33. The minimum absolute atomic E-state index is 0.766. The lowest BCUT2D eigenvalue weighted by Crippen LogP contribution is -2.11. The fraction of sp³-hybridized carbons (Fsp3) is 0.167. The predicted molar refractivity (Wildman–Crippen MR) is 85.6 cm³/mol. The van der Waals surface area contributed by atoms with E-state index in [1.165, 1.54) is 5.39 Å². The summed E-state index contributed by atoms with van der Waals surface area (Å²) < 4.78 is 6.02. The highest BCUT2D eigenvalue weighted by molar-refractivity contribution is 5.88. The first kappa shape index (κ1) is 13.6. The molecule has 21 heavy (non-hydrogen) atoms. The van der Waals surface area contributed by atoms with Gasteiger partial charge in [0.15, 0.2) is 0 Å². The van der Waals surface area contributed by atoms with Crippen molar-refractivity contribution in [2.75, 3.05) is 6.54 Å². The minimum atomic E-state index is 0.766. The van der Waals surface area contributed by atoms with Gasteiger partial charge < -0.3 is 10.1 Å². The maximum absolute atomic E-state index is 6.02. The number of ether oxygens (including phenoxy) is 1. The highest BCUT2D eigenvalue weighted by Crippen LogP contribution is 2.29. The Kier molecular flexibility index (Phi) is 4.12. The van der Waals surface area contributed by atoms with Gasteiger partial charge in [-0.25, -0.2) is 0 Å². The van der Waals surface area contributed by atoms with Crippen molar-refractivity contribution in [1.29, 1.82) is 0 Å². The van der Waals surface area contributed by atoms with E-state index in [0.29, 0.717) is 0 Å². The number of nitrogens with zero attached hydrogens (tertiary/aromatic N) is 1. The lowest BCUT2D eigenvalue weighted by molar-refractivity contribution is 0.484. The van der Waals surface area contributed by atoms with E-state index in [2.05, 4.69) is 35.4 Å². The van der Waals surface area contributed by atoms with Crippen LogP contribution in [0.3, 0.4) is 0 Å². The Morgan fingerprint density at radius 1 is 1.05 bits per heavy atom. The zero-order valence-electron chi connectivity index (χ0n) is 12.0. The molecular formula is C18H18N2O. The van der Waals surface area contributed by atoms with Crippen LogP contribution in [0.25, 0.3) is 10.8 Å². The fourth-order valence-corrected chi connectivity index (χ4v) is 2.30. The quantitative estimate of drug-likeness (QED) is 0.761. The molecule has 0 atom stereocenters. The second kappa shape index (κ2) is 6.37. The van der Waals surface area contributed by atoms with Gasteiger partial charge in [-0.2, -0.15) is 0 Å². The van der Waals surface area contributed by atoms with Crippen LogP contribution in [0.15, 0.2) is 60.9 Å². The number of benzene rings is 2. The number of pyridine rings is 1. The van der Waals surface area contributed by atoms with Gasteiger partial charge in [0.2, 0.25) is 0 Å². The summed E-state index contributed by atoms with van der Waals surface area (Å²) in [5.74, 6) is 1.62. The number of aromatic nitrogens is 1. The Bertz CT molecular complexity index is 735. The Balaban J connectivity index is 1.88. The van der Waals surface area contributed by atoms with Crippen molar-refractivity contribution in [2.45, 2.75) is 13.5 Å². The largest absolute Gasteiger partial charge is 0.455 e. The van der Waals surface area contributed by atoms with E-state index in [0.717, 1.165) is 35.5 Å². The van der Waals surface area contributed by atoms with Crippen LogP contribution in [0.4, 0.5) is 0 Å². The molecule has 106 valence electrons. The molecule has 1 heterocycles. The summed E-state index contributed by atoms with van der Waals surface area (Å²) in [6, 6.07) is 16.3. The molecule has 3 aromatic rings. The lowest BCUT2D eigenvalue weighted by atomic mass is 10.1. The minimum Gasteiger partial charge on any atom is -0.455 e. The van der Waals surface area contributed by atoms with Crippen LogP contribution in [-0.2, 0) is 6.54 Å². The van der Waals surface area contributed by atoms with E-state index >= 15 is 0 Å². The van der Waals surface area contributed by atoms with Crippen LogP contribution in [0, 0.1) is 0 Å². The standard InChI is InChI=1S/C18H18N2O/c1-2-19-11-14-10-16(13-20-12-14)21-18-9-5-7-15-6-3-4-8-17(15)18/h3-10,12-13,19H,2,11H2,1H3. The predicted octanol–water partition coefficient (Wildman–Crippen LogP) is 4.14. The SMILES string of the molecule is CCNCc1cncc(Oc2cccc3ccccc23)c1. The summed E-state index contributed by atoms with van der Waals surface area (Å²) in [7, 11) is 0. The van der Waals surface area contributed by atoms with Crippen LogP contribution in [-0.4, -0.2) is 11.5 Å². The highest BCUT2D eigenvalue weighted by atomic mass is 16.5. The lowest BCUT2D eigenvalue weighted by Gasteiger charge is -2.10. The van der Waals surface area contributed by atoms with Crippen molar-refractivity contribution < 1.29 is 4.74 Å². The molecule has 1 N–H and O–H groups in total. The molecule has 0 aliphatic rings. The van der Waals surface area contributed by atoms with Crippen molar-refractivity contribution in [1.82, 2.24) is 10.3 Å². The summed E-state index contributed by atoms with van der Waals surface area (Å²) in [6.45, 7) is 3.83. The molecule has 0 radical (unpaired) electrons. The first-order chi connectivity index (χ1) is 10.4. The van der Waals surface area contributed by atoms with E-state index in [9.17, 15) is 0 Å². The first-order valence-corrected chi connectivity index (χ1v) is 7.17. The molecule has 0 amide bonds. The van der Waals surface area contributed by atoms with Gasteiger partial charge in [0.25, 0.3) is 0 Å². The Labute approximate surface area is 124 Å². The zero-order valence-corrected chi connectivity index (χ0v) is 12.0. The summed E-state index contributed by atoms with van der Waals surface area (Å²) in [5, 5.41) is 5.57. The molecular weight excluding hydrogens is 260 g/mol. The summed E-state index contributed by atoms with van der Waals surface area (Å²) in [4.78, 5) is 4.25. The van der Waals surface area contributed by atoms with E-state index in [-0.39, 0.29) is 0 Å². The number of hydrogen-bond donors (Lipinski definition) is 1. The second-order valence-corrected chi connectivity index (χ2v) is 4.89. The monoisotopic (exact) mass is 278 g/mol. The molecule has 0 spiro atoms. The molecule has 0 aliphatic carbocycles.